The van der Waals surface area contributed by atoms with E-state index in [0.29, 0.717) is 42.4 Å². The number of hydrogen-bond donors (Lipinski definition) is 1. The van der Waals surface area contributed by atoms with Crippen molar-refractivity contribution in [1.29, 1.82) is 0 Å². The van der Waals surface area contributed by atoms with Gasteiger partial charge in [-0.3, -0.25) is 4.79 Å². The predicted octanol–water partition coefficient (Wildman–Crippen LogP) is 2.59. The van der Waals surface area contributed by atoms with E-state index in [4.69, 9.17) is 15.0 Å². The van der Waals surface area contributed by atoms with Crippen LogP contribution >= 0.6 is 0 Å². The Bertz CT molecular complexity index is 957. The van der Waals surface area contributed by atoms with Gasteiger partial charge in [0.1, 0.15) is 0 Å². The maximum absolute atomic E-state index is 13.2. The number of likely N-dealkylation sites (tertiary alicyclic amines) is 1. The third kappa shape index (κ3) is 3.54. The Balaban J connectivity index is 1.63. The molecule has 0 bridgehead atoms. The molecule has 1 fully saturated rings. The van der Waals surface area contributed by atoms with Crippen LogP contribution in [0.25, 0.3) is 22.8 Å². The summed E-state index contributed by atoms with van der Waals surface area (Å²) in [7, 11) is 1.62. The van der Waals surface area contributed by atoms with Crippen LogP contribution in [-0.2, 0) is 4.74 Å². The van der Waals surface area contributed by atoms with Crippen molar-refractivity contribution >= 4 is 5.91 Å². The summed E-state index contributed by atoms with van der Waals surface area (Å²) in [6.07, 6.45) is 0.531. The summed E-state index contributed by atoms with van der Waals surface area (Å²) in [5.41, 5.74) is 8.07. The molecule has 0 saturated carbocycles. The average Bonchev–Trinajstić information content (AvgIpc) is 3.24. The van der Waals surface area contributed by atoms with E-state index in [9.17, 15) is 4.79 Å². The van der Waals surface area contributed by atoms with E-state index < -0.39 is 0 Å². The first-order chi connectivity index (χ1) is 13.7. The number of benzene rings is 2. The molecule has 1 aliphatic heterocycles. The van der Waals surface area contributed by atoms with Gasteiger partial charge in [-0.05, 0) is 18.6 Å². The number of hydrogen-bond acceptors (Lipinski definition) is 6. The number of rotatable bonds is 4. The van der Waals surface area contributed by atoms with Gasteiger partial charge in [0.15, 0.2) is 0 Å². The number of piperidine rings is 1. The van der Waals surface area contributed by atoms with Crippen LogP contribution in [0.1, 0.15) is 16.8 Å². The summed E-state index contributed by atoms with van der Waals surface area (Å²) in [5, 5.41) is 4.06. The Morgan fingerprint density at radius 1 is 1.18 bits per heavy atom. The quantitative estimate of drug-likeness (QED) is 0.750. The third-order valence-electron chi connectivity index (χ3n) is 5.05. The molecule has 1 aromatic heterocycles. The second-order valence-corrected chi connectivity index (χ2v) is 6.81. The predicted molar refractivity (Wildman–Crippen MR) is 104 cm³/mol. The van der Waals surface area contributed by atoms with Crippen molar-refractivity contribution in [3.8, 4) is 22.8 Å². The number of aromatic nitrogens is 2. The van der Waals surface area contributed by atoms with Gasteiger partial charge >= 0.3 is 0 Å². The van der Waals surface area contributed by atoms with Crippen LogP contribution in [0.3, 0.4) is 0 Å². The Labute approximate surface area is 163 Å². The summed E-state index contributed by atoms with van der Waals surface area (Å²) in [4.78, 5) is 19.4. The lowest BCUT2D eigenvalue weighted by Crippen LogP contribution is -2.53. The molecule has 7 nitrogen and oxygen atoms in total. The van der Waals surface area contributed by atoms with Gasteiger partial charge in [-0.25, -0.2) is 0 Å². The first-order valence-corrected chi connectivity index (χ1v) is 9.23. The van der Waals surface area contributed by atoms with E-state index in [0.717, 1.165) is 5.56 Å². The van der Waals surface area contributed by atoms with Crippen molar-refractivity contribution in [1.82, 2.24) is 15.0 Å². The molecule has 0 radical (unpaired) electrons. The third-order valence-corrected chi connectivity index (χ3v) is 5.05. The lowest BCUT2D eigenvalue weighted by atomic mass is 10.00. The van der Waals surface area contributed by atoms with Gasteiger partial charge in [-0.15, -0.1) is 0 Å². The van der Waals surface area contributed by atoms with E-state index in [2.05, 4.69) is 10.1 Å². The van der Waals surface area contributed by atoms with Crippen molar-refractivity contribution < 1.29 is 14.1 Å². The number of nitrogens with two attached hydrogens (primary N) is 1. The Hall–Kier alpha value is -3.03. The monoisotopic (exact) mass is 378 g/mol. The summed E-state index contributed by atoms with van der Waals surface area (Å²) < 4.78 is 10.9. The fourth-order valence-corrected chi connectivity index (χ4v) is 3.43. The fourth-order valence-electron chi connectivity index (χ4n) is 3.43. The van der Waals surface area contributed by atoms with Crippen LogP contribution in [0.15, 0.2) is 59.1 Å². The highest BCUT2D eigenvalue weighted by molar-refractivity contribution is 6.00. The van der Waals surface area contributed by atoms with Crippen molar-refractivity contribution in [2.24, 2.45) is 5.73 Å². The van der Waals surface area contributed by atoms with E-state index >= 15 is 0 Å². The van der Waals surface area contributed by atoms with E-state index in [1.165, 1.54) is 0 Å². The standard InChI is InChI=1S/C21H22N4O3/c1-27-18-13-25(12-11-17(18)22)21(26)16-10-6-5-9-15(16)20-23-19(24-28-20)14-7-3-2-4-8-14/h2-10,17-18H,11-13,22H2,1H3. The summed E-state index contributed by atoms with van der Waals surface area (Å²) >= 11 is 0. The molecule has 7 heteroatoms. The van der Waals surface area contributed by atoms with Gasteiger partial charge in [-0.1, -0.05) is 47.6 Å². The number of nitrogens with zero attached hydrogens (tertiary/aromatic N) is 3. The van der Waals surface area contributed by atoms with Gasteiger partial charge < -0.3 is 19.9 Å². The van der Waals surface area contributed by atoms with E-state index in [1.54, 1.807) is 18.1 Å². The average molecular weight is 378 g/mol. The Kier molecular flexibility index (Phi) is 5.18. The molecule has 28 heavy (non-hydrogen) atoms. The molecule has 2 aromatic carbocycles. The van der Waals surface area contributed by atoms with Crippen LogP contribution in [0.4, 0.5) is 0 Å². The molecular weight excluding hydrogens is 356 g/mol. The van der Waals surface area contributed by atoms with Crippen molar-refractivity contribution in [3.63, 3.8) is 0 Å². The number of methoxy groups -OCH3 is 1. The lowest BCUT2D eigenvalue weighted by molar-refractivity contribution is 0.0162. The van der Waals surface area contributed by atoms with E-state index in [1.807, 2.05) is 48.5 Å². The van der Waals surface area contributed by atoms with Gasteiger partial charge in [-0.2, -0.15) is 4.98 Å². The van der Waals surface area contributed by atoms with Gasteiger partial charge in [0.2, 0.25) is 5.82 Å². The van der Waals surface area contributed by atoms with E-state index in [-0.39, 0.29) is 18.1 Å². The molecule has 1 saturated heterocycles. The van der Waals surface area contributed by atoms with Crippen LogP contribution in [0.2, 0.25) is 0 Å². The van der Waals surface area contributed by atoms with Gasteiger partial charge in [0, 0.05) is 31.8 Å². The lowest BCUT2D eigenvalue weighted by Gasteiger charge is -2.36. The van der Waals surface area contributed by atoms with Crippen LogP contribution in [0.5, 0.6) is 0 Å². The number of carbonyl (C=O) groups is 1. The van der Waals surface area contributed by atoms with Crippen LogP contribution in [0, 0.1) is 0 Å². The topological polar surface area (TPSA) is 94.5 Å². The zero-order valence-electron chi connectivity index (χ0n) is 15.6. The molecule has 1 amide bonds. The minimum atomic E-state index is -0.169. The SMILES string of the molecule is COC1CN(C(=O)c2ccccc2-c2nc(-c3ccccc3)no2)CCC1N. The molecule has 1 aliphatic rings. The largest absolute Gasteiger partial charge is 0.378 e. The molecular formula is C21H22N4O3. The van der Waals surface area contributed by atoms with Crippen molar-refractivity contribution in [2.75, 3.05) is 20.2 Å². The first-order valence-electron chi connectivity index (χ1n) is 9.23. The Morgan fingerprint density at radius 2 is 1.93 bits per heavy atom. The molecule has 2 heterocycles. The molecule has 4 rings (SSSR count). The summed E-state index contributed by atoms with van der Waals surface area (Å²) in [6, 6.07) is 16.8. The maximum Gasteiger partial charge on any atom is 0.259 e. The number of ether oxygens (including phenoxy) is 1. The highest BCUT2D eigenvalue weighted by atomic mass is 16.5. The first kappa shape index (κ1) is 18.3. The molecule has 3 aromatic rings. The van der Waals surface area contributed by atoms with Crippen LogP contribution < -0.4 is 5.73 Å². The van der Waals surface area contributed by atoms with Crippen LogP contribution in [-0.4, -0.2) is 53.3 Å². The summed E-state index contributed by atoms with van der Waals surface area (Å²) in [5.74, 6) is 0.713. The Morgan fingerprint density at radius 3 is 2.71 bits per heavy atom. The minimum absolute atomic E-state index is 0.0614. The maximum atomic E-state index is 13.2. The van der Waals surface area contributed by atoms with Gasteiger partial charge in [0.05, 0.1) is 17.2 Å². The zero-order valence-corrected chi connectivity index (χ0v) is 15.6. The fraction of sp³-hybridized carbons (Fsp3) is 0.286. The highest BCUT2D eigenvalue weighted by Crippen LogP contribution is 2.27. The number of carbonyl (C=O) groups excluding carboxylic acids is 1. The van der Waals surface area contributed by atoms with Gasteiger partial charge in [0.25, 0.3) is 11.8 Å². The molecule has 2 N–H and O–H groups in total. The molecule has 0 aliphatic carbocycles. The molecule has 2 unspecified atom stereocenters. The second kappa shape index (κ2) is 7.92. The molecule has 144 valence electrons. The van der Waals surface area contributed by atoms with Crippen molar-refractivity contribution in [3.05, 3.63) is 60.2 Å². The summed E-state index contributed by atoms with van der Waals surface area (Å²) in [6.45, 7) is 1.05. The van der Waals surface area contributed by atoms with Crippen molar-refractivity contribution in [2.45, 2.75) is 18.6 Å². The number of amides is 1. The molecule has 0 spiro atoms. The minimum Gasteiger partial charge on any atom is -0.378 e. The normalized spacial score (nSPS) is 19.6. The molecule has 2 atom stereocenters. The highest BCUT2D eigenvalue weighted by Gasteiger charge is 2.31. The smallest absolute Gasteiger partial charge is 0.259 e. The zero-order chi connectivity index (χ0) is 19.5. The second-order valence-electron chi connectivity index (χ2n) is 6.81.